The average Bonchev–Trinajstić information content (AvgIpc) is 3.78. The minimum absolute atomic E-state index is 0.0541. The maximum atomic E-state index is 13.8. The second kappa shape index (κ2) is 11.1. The molecule has 0 bridgehead atoms. The number of H-pyrrole nitrogens is 2. The number of aromatic amines is 2. The standard InChI is InChI=1S/C30H33F3N8O2/c1-29(2,3)43-28(42)41-13-5-7-22(41)27-37-16-21(38-27)19-14-35-25(36-15-19)18-10-8-17(9-11-18)23-24(30(31,32)33)40-26(39-23)20-6-4-12-34-20/h8-11,14-16,20,22,34H,4-7,12-13H2,1-3H3,(H,37,38)(H,39,40)/t20-,22-/m0/s1. The van der Waals surface area contributed by atoms with E-state index in [-0.39, 0.29) is 23.9 Å². The number of carbonyl (C=O) groups excluding carboxylic acids is 1. The summed E-state index contributed by atoms with van der Waals surface area (Å²) >= 11 is 0. The van der Waals surface area contributed by atoms with Crippen LogP contribution in [-0.4, -0.2) is 59.6 Å². The maximum absolute atomic E-state index is 13.8. The van der Waals surface area contributed by atoms with Crippen molar-refractivity contribution in [1.82, 2.24) is 40.1 Å². The highest BCUT2D eigenvalue weighted by Gasteiger charge is 2.39. The zero-order valence-corrected chi connectivity index (χ0v) is 24.1. The third-order valence-corrected chi connectivity index (χ3v) is 7.57. The Labute approximate surface area is 246 Å². The van der Waals surface area contributed by atoms with Crippen molar-refractivity contribution in [3.05, 3.63) is 60.2 Å². The smallest absolute Gasteiger partial charge is 0.435 e. The molecule has 13 heteroatoms. The fourth-order valence-corrected chi connectivity index (χ4v) is 5.53. The Morgan fingerprint density at radius 3 is 2.28 bits per heavy atom. The summed E-state index contributed by atoms with van der Waals surface area (Å²) in [6, 6.07) is 6.19. The molecule has 0 radical (unpaired) electrons. The summed E-state index contributed by atoms with van der Waals surface area (Å²) in [7, 11) is 0. The van der Waals surface area contributed by atoms with Crippen molar-refractivity contribution in [2.24, 2.45) is 0 Å². The molecular formula is C30H33F3N8O2. The predicted octanol–water partition coefficient (Wildman–Crippen LogP) is 6.44. The van der Waals surface area contributed by atoms with Gasteiger partial charge in [0.25, 0.3) is 0 Å². The van der Waals surface area contributed by atoms with Crippen molar-refractivity contribution in [2.75, 3.05) is 13.1 Å². The highest BCUT2D eigenvalue weighted by atomic mass is 19.4. The number of benzene rings is 1. The van der Waals surface area contributed by atoms with E-state index in [2.05, 4.69) is 35.2 Å². The highest BCUT2D eigenvalue weighted by Crippen LogP contribution is 2.38. The Morgan fingerprint density at radius 1 is 0.907 bits per heavy atom. The van der Waals surface area contributed by atoms with Crippen molar-refractivity contribution < 1.29 is 22.7 Å². The second-order valence-corrected chi connectivity index (χ2v) is 11.9. The summed E-state index contributed by atoms with van der Waals surface area (Å²) in [4.78, 5) is 38.0. The van der Waals surface area contributed by atoms with Crippen LogP contribution in [-0.2, 0) is 10.9 Å². The maximum Gasteiger partial charge on any atom is 0.435 e. The lowest BCUT2D eigenvalue weighted by molar-refractivity contribution is -0.140. The molecule has 43 heavy (non-hydrogen) atoms. The van der Waals surface area contributed by atoms with Gasteiger partial charge in [-0.1, -0.05) is 24.3 Å². The summed E-state index contributed by atoms with van der Waals surface area (Å²) in [5.74, 6) is 1.40. The number of rotatable bonds is 5. The Kier molecular flexibility index (Phi) is 7.45. The van der Waals surface area contributed by atoms with Crippen molar-refractivity contribution in [3.63, 3.8) is 0 Å². The number of aromatic nitrogens is 6. The van der Waals surface area contributed by atoms with Crippen LogP contribution in [0, 0.1) is 0 Å². The van der Waals surface area contributed by atoms with Crippen molar-refractivity contribution in [1.29, 1.82) is 0 Å². The van der Waals surface area contributed by atoms with Gasteiger partial charge in [0.1, 0.15) is 17.2 Å². The second-order valence-electron chi connectivity index (χ2n) is 11.9. The number of alkyl halides is 3. The molecule has 0 aliphatic carbocycles. The molecule has 6 rings (SSSR count). The van der Waals surface area contributed by atoms with Crippen LogP contribution in [0.25, 0.3) is 33.9 Å². The Morgan fingerprint density at radius 2 is 1.63 bits per heavy atom. The molecule has 3 aromatic heterocycles. The lowest BCUT2D eigenvalue weighted by Gasteiger charge is -2.27. The highest BCUT2D eigenvalue weighted by molar-refractivity contribution is 5.70. The molecule has 1 amide bonds. The van der Waals surface area contributed by atoms with Gasteiger partial charge in [-0.05, 0) is 53.0 Å². The number of halogens is 3. The topological polar surface area (TPSA) is 125 Å². The number of nitrogens with one attached hydrogen (secondary N) is 3. The Balaban J connectivity index is 1.18. The van der Waals surface area contributed by atoms with Crippen molar-refractivity contribution in [3.8, 4) is 33.9 Å². The van der Waals surface area contributed by atoms with Gasteiger partial charge in [0.2, 0.25) is 0 Å². The van der Waals surface area contributed by atoms with Crippen LogP contribution in [0.4, 0.5) is 18.0 Å². The van der Waals surface area contributed by atoms with Crippen LogP contribution in [0.2, 0.25) is 0 Å². The van der Waals surface area contributed by atoms with Crippen LogP contribution < -0.4 is 5.32 Å². The molecule has 4 aromatic rings. The molecule has 0 saturated carbocycles. The van der Waals surface area contributed by atoms with Gasteiger partial charge >= 0.3 is 12.3 Å². The minimum Gasteiger partial charge on any atom is -0.444 e. The third kappa shape index (κ3) is 6.12. The number of nitrogens with zero attached hydrogens (tertiary/aromatic N) is 5. The third-order valence-electron chi connectivity index (χ3n) is 7.57. The zero-order chi connectivity index (χ0) is 30.4. The van der Waals surface area contributed by atoms with Gasteiger partial charge in [-0.15, -0.1) is 0 Å². The SMILES string of the molecule is CC(C)(C)OC(=O)N1CCC[C@H]1c1ncc(-c2cnc(-c3ccc(-c4[nH]c([C@@H]5CCCN5)nc4C(F)(F)F)cc3)nc2)[nH]1. The molecule has 2 aliphatic rings. The predicted molar refractivity (Wildman–Crippen MR) is 153 cm³/mol. The summed E-state index contributed by atoms with van der Waals surface area (Å²) in [5.41, 5.74) is 0.892. The quantitative estimate of drug-likeness (QED) is 0.243. The first kappa shape index (κ1) is 28.8. The Hall–Kier alpha value is -4.26. The fourth-order valence-electron chi connectivity index (χ4n) is 5.53. The van der Waals surface area contributed by atoms with Gasteiger partial charge in [0.15, 0.2) is 11.5 Å². The number of hydrogen-bond acceptors (Lipinski definition) is 7. The van der Waals surface area contributed by atoms with E-state index >= 15 is 0 Å². The van der Waals surface area contributed by atoms with Crippen LogP contribution in [0.3, 0.4) is 0 Å². The lowest BCUT2D eigenvalue weighted by Crippen LogP contribution is -2.36. The number of ether oxygens (including phenoxy) is 1. The molecule has 226 valence electrons. The molecule has 10 nitrogen and oxygen atoms in total. The van der Waals surface area contributed by atoms with E-state index < -0.39 is 17.5 Å². The number of carbonyl (C=O) groups is 1. The number of amides is 1. The van der Waals surface area contributed by atoms with E-state index in [9.17, 15) is 18.0 Å². The molecule has 2 fully saturated rings. The Bertz CT molecular complexity index is 1580. The van der Waals surface area contributed by atoms with Gasteiger partial charge in [-0.3, -0.25) is 4.90 Å². The van der Waals surface area contributed by atoms with Crippen molar-refractivity contribution >= 4 is 6.09 Å². The lowest BCUT2D eigenvalue weighted by atomic mass is 10.1. The largest absolute Gasteiger partial charge is 0.444 e. The van der Waals surface area contributed by atoms with E-state index in [0.29, 0.717) is 46.4 Å². The molecule has 2 saturated heterocycles. The molecule has 0 unspecified atom stereocenters. The minimum atomic E-state index is -4.58. The average molecular weight is 595 g/mol. The monoisotopic (exact) mass is 594 g/mol. The molecule has 2 atom stereocenters. The van der Waals surface area contributed by atoms with Gasteiger partial charge in [0, 0.05) is 35.6 Å². The van der Waals surface area contributed by atoms with Gasteiger partial charge in [0.05, 0.1) is 29.7 Å². The van der Waals surface area contributed by atoms with Crippen molar-refractivity contribution in [2.45, 2.75) is 70.3 Å². The van der Waals surface area contributed by atoms with Crippen LogP contribution in [0.1, 0.15) is 75.9 Å². The molecule has 1 aromatic carbocycles. The van der Waals surface area contributed by atoms with E-state index in [1.54, 1.807) is 47.8 Å². The number of imidazole rings is 2. The summed E-state index contributed by atoms with van der Waals surface area (Å²) in [6.45, 7) is 6.87. The van der Waals surface area contributed by atoms with E-state index in [1.807, 2.05) is 20.8 Å². The molecule has 2 aliphatic heterocycles. The van der Waals surface area contributed by atoms with Crippen LogP contribution in [0.5, 0.6) is 0 Å². The zero-order valence-electron chi connectivity index (χ0n) is 24.1. The van der Waals surface area contributed by atoms with Gasteiger partial charge in [-0.2, -0.15) is 13.2 Å². The number of hydrogen-bond donors (Lipinski definition) is 3. The first-order valence-corrected chi connectivity index (χ1v) is 14.3. The summed E-state index contributed by atoms with van der Waals surface area (Å²) in [6.07, 6.45) is 3.32. The summed E-state index contributed by atoms with van der Waals surface area (Å²) in [5, 5.41) is 3.19. The van der Waals surface area contributed by atoms with Crippen LogP contribution >= 0.6 is 0 Å². The van der Waals surface area contributed by atoms with Crippen LogP contribution in [0.15, 0.2) is 42.9 Å². The van der Waals surface area contributed by atoms with Gasteiger partial charge < -0.3 is 20.0 Å². The molecule has 0 spiro atoms. The van der Waals surface area contributed by atoms with E-state index in [0.717, 1.165) is 32.2 Å². The van der Waals surface area contributed by atoms with Gasteiger partial charge in [-0.25, -0.2) is 24.7 Å². The van der Waals surface area contributed by atoms with E-state index in [4.69, 9.17) is 4.74 Å². The first-order chi connectivity index (χ1) is 20.5. The molecular weight excluding hydrogens is 561 g/mol. The van der Waals surface area contributed by atoms with E-state index in [1.165, 1.54) is 0 Å². The molecule has 3 N–H and O–H groups in total. The number of likely N-dealkylation sites (tertiary alicyclic amines) is 1. The normalized spacial score (nSPS) is 19.3. The first-order valence-electron chi connectivity index (χ1n) is 14.3. The summed E-state index contributed by atoms with van der Waals surface area (Å²) < 4.78 is 47.0. The fraction of sp³-hybridized carbons (Fsp3) is 0.433. The molecule has 5 heterocycles.